The van der Waals surface area contributed by atoms with Crippen LogP contribution in [0.25, 0.3) is 66.8 Å². The van der Waals surface area contributed by atoms with Crippen molar-refractivity contribution in [2.45, 2.75) is 102 Å². The maximum atomic E-state index is 12.7. The maximum absolute atomic E-state index is 12.7. The van der Waals surface area contributed by atoms with Crippen LogP contribution < -0.4 is 0 Å². The molecule has 318 valence electrons. The van der Waals surface area contributed by atoms with E-state index in [0.717, 1.165) is 102 Å². The molecule has 3 heterocycles. The van der Waals surface area contributed by atoms with Crippen molar-refractivity contribution in [3.63, 3.8) is 0 Å². The largest absolute Gasteiger partial charge is 0.508 e. The standard InChI is InChI=1S/C57H59N3O2.Hf/c1-32-16-43(55(62)45(17-32)57-29-37-22-38(30-57)24-39(23-37)31-57)54-52(41-11-6-8-15-49(41)60(54)4)47-13-9-12-46(58-47)51-40-10-5-7-14-48(40)59(3)53(51)42-25-50(61)44(18-33(42)2)56-26-34-19-35(27-56)21-36(20-34)28-56;/h5-18,25,34-39,61-62H,19-24,26-31H2,1-4H3;. The number of hydrogen-bond donors (Lipinski definition) is 2. The van der Waals surface area contributed by atoms with Gasteiger partial charge in [-0.05, 0) is 185 Å². The number of aromatic nitrogens is 3. The third-order valence-electron chi connectivity index (χ3n) is 17.8. The normalized spacial score (nSPS) is 29.0. The fourth-order valence-corrected chi connectivity index (χ4v) is 16.3. The van der Waals surface area contributed by atoms with Crippen LogP contribution in [0.5, 0.6) is 11.5 Å². The molecule has 0 aliphatic heterocycles. The number of phenols is 2. The number of pyridine rings is 1. The van der Waals surface area contributed by atoms with Crippen LogP contribution in [0.1, 0.15) is 99.3 Å². The molecule has 0 saturated heterocycles. The number of aromatic hydroxyl groups is 2. The molecule has 8 saturated carbocycles. The van der Waals surface area contributed by atoms with Gasteiger partial charge in [0.25, 0.3) is 0 Å². The van der Waals surface area contributed by atoms with Crippen LogP contribution >= 0.6 is 0 Å². The second kappa shape index (κ2) is 14.3. The molecule has 7 aromatic rings. The first-order valence-electron chi connectivity index (χ1n) is 23.9. The second-order valence-electron chi connectivity index (χ2n) is 21.8. The van der Waals surface area contributed by atoms with E-state index in [1.165, 1.54) is 99.3 Å². The molecule has 0 unspecified atom stereocenters. The first-order chi connectivity index (χ1) is 30.0. The number of aryl methyl sites for hydroxylation is 4. The van der Waals surface area contributed by atoms with Gasteiger partial charge in [-0.25, -0.2) is 4.98 Å². The van der Waals surface area contributed by atoms with Gasteiger partial charge in [0.15, 0.2) is 0 Å². The Morgan fingerprint density at radius 3 is 1.46 bits per heavy atom. The summed E-state index contributed by atoms with van der Waals surface area (Å²) >= 11 is 0. The summed E-state index contributed by atoms with van der Waals surface area (Å²) in [7, 11) is 4.32. The minimum Gasteiger partial charge on any atom is -0.508 e. The van der Waals surface area contributed by atoms with Gasteiger partial charge in [-0.3, -0.25) is 0 Å². The van der Waals surface area contributed by atoms with Crippen LogP contribution in [0.15, 0.2) is 91.0 Å². The van der Waals surface area contributed by atoms with E-state index in [0.29, 0.717) is 11.5 Å². The molecule has 2 N–H and O–H groups in total. The smallest absolute Gasteiger partial charge is 0.128 e. The Labute approximate surface area is 390 Å². The molecular formula is C57H59HfN3O2. The van der Waals surface area contributed by atoms with Gasteiger partial charge < -0.3 is 19.3 Å². The van der Waals surface area contributed by atoms with Gasteiger partial charge in [0, 0.05) is 95.1 Å². The zero-order valence-electron chi connectivity index (χ0n) is 37.3. The number of rotatable bonds is 6. The Morgan fingerprint density at radius 1 is 0.524 bits per heavy atom. The Hall–Kier alpha value is -4.42. The molecule has 3 aromatic heterocycles. The number of hydrogen-bond acceptors (Lipinski definition) is 3. The summed E-state index contributed by atoms with van der Waals surface area (Å²) in [6, 6.07) is 32.8. The fourth-order valence-electron chi connectivity index (χ4n) is 16.3. The minimum absolute atomic E-state index is 0. The summed E-state index contributed by atoms with van der Waals surface area (Å²) < 4.78 is 4.60. The van der Waals surface area contributed by atoms with Gasteiger partial charge in [0.05, 0.1) is 22.8 Å². The number of phenolic OH excluding ortho intramolecular Hbond substituents is 2. The van der Waals surface area contributed by atoms with Crippen LogP contribution in [0.2, 0.25) is 0 Å². The molecule has 8 aliphatic carbocycles. The van der Waals surface area contributed by atoms with Crippen LogP contribution in [-0.4, -0.2) is 24.3 Å². The third kappa shape index (κ3) is 5.90. The number of fused-ring (bicyclic) bond motifs is 2. The SMILES string of the molecule is Cc1cc(-c2c(-c3cccc(-c4c(-c5cc(O)c(C67CC8CC(CC(C8)C6)C7)cc5C)n(C)c5ccccc45)n3)c3ccccc3n2C)c(O)c(C23CC4CC(CC(C4)C2)C3)c1.[Hf]. The predicted molar refractivity (Wildman–Crippen MR) is 251 cm³/mol. The zero-order valence-corrected chi connectivity index (χ0v) is 40.9. The molecule has 8 bridgehead atoms. The van der Waals surface area contributed by atoms with E-state index in [-0.39, 0.29) is 36.7 Å². The molecular weight excluding hydrogens is 937 g/mol. The first kappa shape index (κ1) is 40.1. The maximum Gasteiger partial charge on any atom is 0.128 e. The van der Waals surface area contributed by atoms with Gasteiger partial charge >= 0.3 is 0 Å². The quantitative estimate of drug-likeness (QED) is 0.163. The molecule has 0 radical (unpaired) electrons. The van der Waals surface area contributed by atoms with Crippen molar-refractivity contribution < 1.29 is 36.1 Å². The van der Waals surface area contributed by atoms with Crippen LogP contribution in [0.3, 0.4) is 0 Å². The fraction of sp³-hybridized carbons (Fsp3) is 0.421. The van der Waals surface area contributed by atoms with Crippen LogP contribution in [0, 0.1) is 49.4 Å². The molecule has 4 aromatic carbocycles. The summed E-state index contributed by atoms with van der Waals surface area (Å²) in [4.78, 5) is 5.67. The van der Waals surface area contributed by atoms with Gasteiger partial charge in [0.2, 0.25) is 0 Å². The van der Waals surface area contributed by atoms with Crippen molar-refractivity contribution in [3.05, 3.63) is 113 Å². The molecule has 8 aliphatic rings. The van der Waals surface area contributed by atoms with Crippen molar-refractivity contribution in [2.75, 3.05) is 0 Å². The number of para-hydroxylation sites is 2. The monoisotopic (exact) mass is 997 g/mol. The predicted octanol–water partition coefficient (Wildman–Crippen LogP) is 13.7. The Kier molecular flexibility index (Phi) is 9.10. The van der Waals surface area contributed by atoms with Gasteiger partial charge in [0.1, 0.15) is 11.5 Å². The van der Waals surface area contributed by atoms with E-state index in [9.17, 15) is 10.2 Å². The average molecular weight is 997 g/mol. The van der Waals surface area contributed by atoms with Crippen molar-refractivity contribution >= 4 is 21.8 Å². The van der Waals surface area contributed by atoms with E-state index in [1.54, 1.807) is 0 Å². The number of nitrogens with zero attached hydrogens (tertiary/aromatic N) is 3. The van der Waals surface area contributed by atoms with Gasteiger partial charge in [-0.1, -0.05) is 54.6 Å². The topological polar surface area (TPSA) is 63.2 Å². The average Bonchev–Trinajstić information content (AvgIpc) is 3.71. The molecule has 15 rings (SSSR count). The summed E-state index contributed by atoms with van der Waals surface area (Å²) in [5, 5.41) is 27.2. The van der Waals surface area contributed by atoms with Crippen LogP contribution in [0.4, 0.5) is 0 Å². The summed E-state index contributed by atoms with van der Waals surface area (Å²) in [5.41, 5.74) is 15.2. The molecule has 8 fully saturated rings. The summed E-state index contributed by atoms with van der Waals surface area (Å²) in [5.74, 6) is 5.71. The van der Waals surface area contributed by atoms with Crippen molar-refractivity contribution in [2.24, 2.45) is 49.6 Å². The Balaban J connectivity index is 0.00000421. The molecule has 6 heteroatoms. The summed E-state index contributed by atoms with van der Waals surface area (Å²) in [6.45, 7) is 4.46. The molecule has 0 atom stereocenters. The molecule has 0 amide bonds. The van der Waals surface area contributed by atoms with E-state index in [4.69, 9.17) is 4.98 Å². The van der Waals surface area contributed by atoms with Crippen LogP contribution in [-0.2, 0) is 50.8 Å². The zero-order chi connectivity index (χ0) is 41.8. The van der Waals surface area contributed by atoms with Crippen molar-refractivity contribution in [1.29, 1.82) is 0 Å². The second-order valence-corrected chi connectivity index (χ2v) is 21.8. The van der Waals surface area contributed by atoms with E-state index in [2.05, 4.69) is 128 Å². The third-order valence-corrected chi connectivity index (χ3v) is 17.8. The Morgan fingerprint density at radius 2 is 0.968 bits per heavy atom. The van der Waals surface area contributed by atoms with Crippen molar-refractivity contribution in [1.82, 2.24) is 14.1 Å². The van der Waals surface area contributed by atoms with E-state index >= 15 is 0 Å². The minimum atomic E-state index is 0. The molecule has 0 spiro atoms. The first-order valence-corrected chi connectivity index (χ1v) is 23.9. The number of benzene rings is 4. The van der Waals surface area contributed by atoms with Gasteiger partial charge in [-0.2, -0.15) is 0 Å². The van der Waals surface area contributed by atoms with E-state index in [1.807, 2.05) is 0 Å². The van der Waals surface area contributed by atoms with E-state index < -0.39 is 0 Å². The Bertz CT molecular complexity index is 2950. The summed E-state index contributed by atoms with van der Waals surface area (Å²) in [6.07, 6.45) is 15.6. The van der Waals surface area contributed by atoms with Crippen molar-refractivity contribution in [3.8, 4) is 56.5 Å². The molecule has 5 nitrogen and oxygen atoms in total. The molecule has 63 heavy (non-hydrogen) atoms. The van der Waals surface area contributed by atoms with Gasteiger partial charge in [-0.15, -0.1) is 0 Å².